The van der Waals surface area contributed by atoms with Crippen LogP contribution in [0.25, 0.3) is 5.69 Å². The van der Waals surface area contributed by atoms with Crippen molar-refractivity contribution < 1.29 is 4.79 Å². The zero-order valence-electron chi connectivity index (χ0n) is 8.13. The van der Waals surface area contributed by atoms with Crippen LogP contribution in [0.4, 0.5) is 0 Å². The van der Waals surface area contributed by atoms with E-state index in [0.717, 1.165) is 17.5 Å². The zero-order valence-corrected chi connectivity index (χ0v) is 8.13. The first kappa shape index (κ1) is 9.61. The van der Waals surface area contributed by atoms with E-state index < -0.39 is 0 Å². The summed E-state index contributed by atoms with van der Waals surface area (Å²) in [5.41, 5.74) is 7.81. The summed E-state index contributed by atoms with van der Waals surface area (Å²) < 4.78 is 1.66. The van der Waals surface area contributed by atoms with Gasteiger partial charge in [-0.05, 0) is 12.1 Å². The summed E-state index contributed by atoms with van der Waals surface area (Å²) in [6.07, 6.45) is 4.34. The van der Waals surface area contributed by atoms with E-state index >= 15 is 0 Å². The molecule has 0 aliphatic heterocycles. The lowest BCUT2D eigenvalue weighted by Crippen LogP contribution is -1.99. The van der Waals surface area contributed by atoms with Gasteiger partial charge in [0.15, 0.2) is 6.29 Å². The fourth-order valence-electron chi connectivity index (χ4n) is 1.39. The summed E-state index contributed by atoms with van der Waals surface area (Å²) in [5, 5.41) is 4.14. The fraction of sp³-hybridized carbons (Fsp3) is 0.0909. The molecular weight excluding hydrogens is 190 g/mol. The molecular formula is C11H11N3O. The second-order valence-electron chi connectivity index (χ2n) is 3.17. The number of benzene rings is 1. The number of carbonyl (C=O) groups excluding carboxylic acids is 1. The number of hydrogen-bond donors (Lipinski definition) is 1. The third kappa shape index (κ3) is 1.80. The second kappa shape index (κ2) is 4.06. The van der Waals surface area contributed by atoms with Gasteiger partial charge in [-0.1, -0.05) is 12.1 Å². The normalized spacial score (nSPS) is 10.2. The predicted molar refractivity (Wildman–Crippen MR) is 56.8 cm³/mol. The van der Waals surface area contributed by atoms with Crippen molar-refractivity contribution in [2.75, 3.05) is 0 Å². The maximum absolute atomic E-state index is 10.8. The number of hydrogen-bond acceptors (Lipinski definition) is 3. The molecule has 0 aliphatic carbocycles. The van der Waals surface area contributed by atoms with Crippen LogP contribution in [-0.4, -0.2) is 16.1 Å². The highest BCUT2D eigenvalue weighted by Crippen LogP contribution is 2.12. The van der Waals surface area contributed by atoms with E-state index in [-0.39, 0.29) is 0 Å². The highest BCUT2D eigenvalue weighted by atomic mass is 16.1. The maximum atomic E-state index is 10.8. The lowest BCUT2D eigenvalue weighted by atomic mass is 10.2. The Kier molecular flexibility index (Phi) is 2.60. The van der Waals surface area contributed by atoms with Crippen LogP contribution in [0, 0.1) is 0 Å². The quantitative estimate of drug-likeness (QED) is 0.757. The molecule has 1 aromatic heterocycles. The van der Waals surface area contributed by atoms with Gasteiger partial charge < -0.3 is 5.73 Å². The zero-order chi connectivity index (χ0) is 10.7. The molecule has 4 nitrogen and oxygen atoms in total. The first-order valence-electron chi connectivity index (χ1n) is 4.63. The van der Waals surface area contributed by atoms with Gasteiger partial charge in [0.05, 0.1) is 11.9 Å². The minimum absolute atomic E-state index is 0.448. The van der Waals surface area contributed by atoms with Gasteiger partial charge in [-0.3, -0.25) is 4.79 Å². The summed E-state index contributed by atoms with van der Waals surface area (Å²) >= 11 is 0. The third-order valence-corrected chi connectivity index (χ3v) is 2.18. The topological polar surface area (TPSA) is 60.9 Å². The molecule has 0 fully saturated rings. The molecule has 0 aliphatic rings. The SMILES string of the molecule is NCc1cnn(-c2ccccc2C=O)c1. The van der Waals surface area contributed by atoms with Crippen molar-refractivity contribution in [3.05, 3.63) is 47.8 Å². The van der Waals surface area contributed by atoms with Crippen LogP contribution in [0.5, 0.6) is 0 Å². The second-order valence-corrected chi connectivity index (χ2v) is 3.17. The molecule has 1 aromatic carbocycles. The van der Waals surface area contributed by atoms with E-state index in [1.54, 1.807) is 16.9 Å². The van der Waals surface area contributed by atoms with Crippen molar-refractivity contribution in [1.29, 1.82) is 0 Å². The van der Waals surface area contributed by atoms with Gasteiger partial charge in [-0.2, -0.15) is 5.10 Å². The van der Waals surface area contributed by atoms with E-state index in [1.807, 2.05) is 24.4 Å². The van der Waals surface area contributed by atoms with Gasteiger partial charge in [0, 0.05) is 23.9 Å². The molecule has 0 spiro atoms. The molecule has 2 N–H and O–H groups in total. The van der Waals surface area contributed by atoms with Gasteiger partial charge in [-0.15, -0.1) is 0 Å². The van der Waals surface area contributed by atoms with Crippen LogP contribution in [-0.2, 0) is 6.54 Å². The first-order valence-corrected chi connectivity index (χ1v) is 4.63. The molecule has 0 amide bonds. The van der Waals surface area contributed by atoms with Gasteiger partial charge in [0.1, 0.15) is 0 Å². The molecule has 2 aromatic rings. The van der Waals surface area contributed by atoms with Gasteiger partial charge >= 0.3 is 0 Å². The van der Waals surface area contributed by atoms with Gasteiger partial charge in [0.25, 0.3) is 0 Å². The lowest BCUT2D eigenvalue weighted by molar-refractivity contribution is 0.112. The molecule has 0 atom stereocenters. The fourth-order valence-corrected chi connectivity index (χ4v) is 1.39. The number of nitrogens with two attached hydrogens (primary N) is 1. The summed E-state index contributed by atoms with van der Waals surface area (Å²) in [6, 6.07) is 7.29. The van der Waals surface area contributed by atoms with Gasteiger partial charge in [-0.25, -0.2) is 4.68 Å². The Bertz CT molecular complexity index is 476. The number of aromatic nitrogens is 2. The summed E-state index contributed by atoms with van der Waals surface area (Å²) in [6.45, 7) is 0.448. The monoisotopic (exact) mass is 201 g/mol. The van der Waals surface area contributed by atoms with E-state index in [4.69, 9.17) is 5.73 Å². The Hall–Kier alpha value is -1.94. The molecule has 0 unspecified atom stereocenters. The average molecular weight is 201 g/mol. The minimum atomic E-state index is 0.448. The van der Waals surface area contributed by atoms with Gasteiger partial charge in [0.2, 0.25) is 0 Å². The minimum Gasteiger partial charge on any atom is -0.326 e. The van der Waals surface area contributed by atoms with E-state index in [1.165, 1.54) is 0 Å². The lowest BCUT2D eigenvalue weighted by Gasteiger charge is -2.03. The summed E-state index contributed by atoms with van der Waals surface area (Å²) in [7, 11) is 0. The van der Waals surface area contributed by atoms with Crippen molar-refractivity contribution in [3.8, 4) is 5.69 Å². The smallest absolute Gasteiger partial charge is 0.152 e. The van der Waals surface area contributed by atoms with E-state index in [0.29, 0.717) is 12.1 Å². The number of carbonyl (C=O) groups is 1. The predicted octanol–water partition coefficient (Wildman–Crippen LogP) is 1.14. The number of nitrogens with zero attached hydrogens (tertiary/aromatic N) is 2. The Morgan fingerprint density at radius 3 is 2.87 bits per heavy atom. The Morgan fingerprint density at radius 1 is 1.40 bits per heavy atom. The standard InChI is InChI=1S/C11H11N3O/c12-5-9-6-13-14(7-9)11-4-2-1-3-10(11)8-15/h1-4,6-8H,5,12H2. The largest absolute Gasteiger partial charge is 0.326 e. The van der Waals surface area contributed by atoms with Crippen LogP contribution in [0.15, 0.2) is 36.7 Å². The van der Waals surface area contributed by atoms with Crippen molar-refractivity contribution in [2.45, 2.75) is 6.54 Å². The van der Waals surface area contributed by atoms with Crippen LogP contribution in [0.2, 0.25) is 0 Å². The highest BCUT2D eigenvalue weighted by molar-refractivity contribution is 5.80. The molecule has 0 radical (unpaired) electrons. The molecule has 2 rings (SSSR count). The molecule has 0 saturated heterocycles. The van der Waals surface area contributed by atoms with Crippen LogP contribution < -0.4 is 5.73 Å². The summed E-state index contributed by atoms with van der Waals surface area (Å²) in [5.74, 6) is 0. The number of rotatable bonds is 3. The third-order valence-electron chi connectivity index (χ3n) is 2.18. The molecule has 15 heavy (non-hydrogen) atoms. The van der Waals surface area contributed by atoms with Crippen LogP contribution in [0.1, 0.15) is 15.9 Å². The van der Waals surface area contributed by atoms with Crippen molar-refractivity contribution >= 4 is 6.29 Å². The Balaban J connectivity index is 2.48. The first-order chi connectivity index (χ1) is 7.35. The molecule has 4 heteroatoms. The van der Waals surface area contributed by atoms with Crippen molar-refractivity contribution in [2.24, 2.45) is 5.73 Å². The number of aldehydes is 1. The molecule has 0 bridgehead atoms. The van der Waals surface area contributed by atoms with Crippen LogP contribution >= 0.6 is 0 Å². The van der Waals surface area contributed by atoms with Crippen molar-refractivity contribution in [1.82, 2.24) is 9.78 Å². The number of para-hydroxylation sites is 1. The Labute approximate surface area is 87.3 Å². The van der Waals surface area contributed by atoms with Crippen LogP contribution in [0.3, 0.4) is 0 Å². The molecule has 0 saturated carbocycles. The van der Waals surface area contributed by atoms with E-state index in [9.17, 15) is 4.79 Å². The summed E-state index contributed by atoms with van der Waals surface area (Å²) in [4.78, 5) is 10.8. The molecule has 1 heterocycles. The van der Waals surface area contributed by atoms with E-state index in [2.05, 4.69) is 5.10 Å². The van der Waals surface area contributed by atoms with Crippen molar-refractivity contribution in [3.63, 3.8) is 0 Å². The average Bonchev–Trinajstić information content (AvgIpc) is 2.77. The Morgan fingerprint density at radius 2 is 2.20 bits per heavy atom. The highest BCUT2D eigenvalue weighted by Gasteiger charge is 2.04. The maximum Gasteiger partial charge on any atom is 0.152 e. The molecule has 76 valence electrons.